The summed E-state index contributed by atoms with van der Waals surface area (Å²) in [5.41, 5.74) is -0.233. The van der Waals surface area contributed by atoms with Crippen molar-refractivity contribution >= 4 is 17.3 Å². The van der Waals surface area contributed by atoms with Crippen molar-refractivity contribution in [3.8, 4) is 0 Å². The predicted octanol–water partition coefficient (Wildman–Crippen LogP) is 0.158. The molecule has 0 amide bonds. The van der Waals surface area contributed by atoms with Crippen LogP contribution in [-0.4, -0.2) is 31.6 Å². The van der Waals surface area contributed by atoms with Crippen molar-refractivity contribution in [3.05, 3.63) is 23.2 Å². The van der Waals surface area contributed by atoms with Gasteiger partial charge in [0.25, 0.3) is 5.78 Å². The monoisotopic (exact) mass is 210 g/mol. The summed E-state index contributed by atoms with van der Waals surface area (Å²) < 4.78 is 9.45. The van der Waals surface area contributed by atoms with Crippen molar-refractivity contribution in [2.75, 3.05) is 14.2 Å². The van der Waals surface area contributed by atoms with Gasteiger partial charge in [-0.3, -0.25) is 14.4 Å². The van der Waals surface area contributed by atoms with Crippen LogP contribution < -0.4 is 0 Å². The Hall–Kier alpha value is -1.91. The molecule has 0 bridgehead atoms. The molecule has 15 heavy (non-hydrogen) atoms. The SMILES string of the molecule is COC1=CC(=O)C(C(C)=O)=C(OC)C1=O. The molecule has 80 valence electrons. The summed E-state index contributed by atoms with van der Waals surface area (Å²) in [5.74, 6) is -2.05. The molecule has 0 fully saturated rings. The third kappa shape index (κ3) is 1.81. The minimum Gasteiger partial charge on any atom is -0.492 e. The maximum atomic E-state index is 11.6. The molecule has 1 aliphatic carbocycles. The molecule has 0 radical (unpaired) electrons. The Morgan fingerprint density at radius 1 is 1.20 bits per heavy atom. The third-order valence-electron chi connectivity index (χ3n) is 1.94. The molecule has 1 rings (SSSR count). The zero-order valence-corrected chi connectivity index (χ0v) is 8.62. The minimum absolute atomic E-state index is 0.123. The van der Waals surface area contributed by atoms with E-state index < -0.39 is 17.3 Å². The lowest BCUT2D eigenvalue weighted by Crippen LogP contribution is -2.24. The van der Waals surface area contributed by atoms with E-state index in [1.807, 2.05) is 0 Å². The van der Waals surface area contributed by atoms with Crippen LogP contribution in [0.3, 0.4) is 0 Å². The van der Waals surface area contributed by atoms with Gasteiger partial charge in [-0.25, -0.2) is 0 Å². The van der Waals surface area contributed by atoms with Gasteiger partial charge in [0.1, 0.15) is 5.57 Å². The molecule has 0 saturated heterocycles. The lowest BCUT2D eigenvalue weighted by Gasteiger charge is -2.15. The molecular formula is C10H10O5. The van der Waals surface area contributed by atoms with Gasteiger partial charge >= 0.3 is 0 Å². The summed E-state index contributed by atoms with van der Waals surface area (Å²) in [7, 11) is 2.49. The minimum atomic E-state index is -0.593. The number of hydrogen-bond donors (Lipinski definition) is 0. The first kappa shape index (κ1) is 11.2. The summed E-state index contributed by atoms with van der Waals surface area (Å²) >= 11 is 0. The van der Waals surface area contributed by atoms with Crippen molar-refractivity contribution in [2.45, 2.75) is 6.92 Å². The quantitative estimate of drug-likeness (QED) is 0.490. The van der Waals surface area contributed by atoms with Gasteiger partial charge in [0.15, 0.2) is 23.1 Å². The van der Waals surface area contributed by atoms with Gasteiger partial charge < -0.3 is 9.47 Å². The number of allylic oxidation sites excluding steroid dienone is 2. The van der Waals surface area contributed by atoms with E-state index in [4.69, 9.17) is 9.47 Å². The normalized spacial score (nSPS) is 16.3. The Bertz CT molecular complexity index is 400. The van der Waals surface area contributed by atoms with Crippen LogP contribution in [0.2, 0.25) is 0 Å². The third-order valence-corrected chi connectivity index (χ3v) is 1.94. The number of rotatable bonds is 3. The van der Waals surface area contributed by atoms with Crippen LogP contribution in [0.1, 0.15) is 6.92 Å². The molecule has 0 spiro atoms. The van der Waals surface area contributed by atoms with E-state index in [0.29, 0.717) is 0 Å². The number of hydrogen-bond acceptors (Lipinski definition) is 5. The standard InChI is InChI=1S/C10H10O5/c1-5(11)8-6(12)4-7(14-2)9(13)10(8)15-3/h4H,1-3H3. The van der Waals surface area contributed by atoms with E-state index in [1.54, 1.807) is 0 Å². The number of ketones is 3. The average Bonchev–Trinajstić information content (AvgIpc) is 2.19. The largest absolute Gasteiger partial charge is 0.492 e. The maximum absolute atomic E-state index is 11.6. The van der Waals surface area contributed by atoms with Crippen LogP contribution in [0.4, 0.5) is 0 Å². The van der Waals surface area contributed by atoms with Gasteiger partial charge in [0.2, 0.25) is 0 Å². The Kier molecular flexibility index (Phi) is 3.04. The van der Waals surface area contributed by atoms with Gasteiger partial charge in [0.05, 0.1) is 14.2 Å². The van der Waals surface area contributed by atoms with Crippen LogP contribution in [0.15, 0.2) is 23.2 Å². The number of carbonyl (C=O) groups excluding carboxylic acids is 3. The van der Waals surface area contributed by atoms with Gasteiger partial charge in [-0.15, -0.1) is 0 Å². The molecule has 5 heteroatoms. The fraction of sp³-hybridized carbons (Fsp3) is 0.300. The zero-order valence-electron chi connectivity index (χ0n) is 8.62. The van der Waals surface area contributed by atoms with Gasteiger partial charge in [-0.2, -0.15) is 0 Å². The second kappa shape index (κ2) is 4.08. The van der Waals surface area contributed by atoms with E-state index in [2.05, 4.69) is 0 Å². The van der Waals surface area contributed by atoms with Gasteiger partial charge in [-0.05, 0) is 6.92 Å². The lowest BCUT2D eigenvalue weighted by molar-refractivity contribution is -0.123. The first-order valence-electron chi connectivity index (χ1n) is 4.16. The molecule has 0 N–H and O–H groups in total. The Morgan fingerprint density at radius 3 is 2.20 bits per heavy atom. The second-order valence-corrected chi connectivity index (χ2v) is 2.87. The molecule has 0 atom stereocenters. The summed E-state index contributed by atoms with van der Waals surface area (Å²) in [5, 5.41) is 0. The van der Waals surface area contributed by atoms with E-state index >= 15 is 0 Å². The molecule has 0 aliphatic heterocycles. The van der Waals surface area contributed by atoms with E-state index in [-0.39, 0.29) is 17.1 Å². The van der Waals surface area contributed by atoms with Crippen LogP contribution in [0.5, 0.6) is 0 Å². The smallest absolute Gasteiger partial charge is 0.263 e. The molecule has 5 nitrogen and oxygen atoms in total. The highest BCUT2D eigenvalue weighted by Crippen LogP contribution is 2.20. The molecule has 0 aromatic rings. The van der Waals surface area contributed by atoms with Gasteiger partial charge in [-0.1, -0.05) is 0 Å². The van der Waals surface area contributed by atoms with E-state index in [0.717, 1.165) is 6.08 Å². The highest BCUT2D eigenvalue weighted by atomic mass is 16.5. The summed E-state index contributed by atoms with van der Waals surface area (Å²) in [6.45, 7) is 1.20. The number of methoxy groups -OCH3 is 2. The number of ether oxygens (including phenoxy) is 2. The molecular weight excluding hydrogens is 200 g/mol. The fourth-order valence-corrected chi connectivity index (χ4v) is 1.27. The second-order valence-electron chi connectivity index (χ2n) is 2.87. The Morgan fingerprint density at radius 2 is 1.80 bits per heavy atom. The van der Waals surface area contributed by atoms with Crippen molar-refractivity contribution in [1.29, 1.82) is 0 Å². The topological polar surface area (TPSA) is 69.7 Å². The van der Waals surface area contributed by atoms with E-state index in [1.165, 1.54) is 21.1 Å². The molecule has 0 heterocycles. The number of carbonyl (C=O) groups is 3. The molecule has 1 aliphatic rings. The lowest BCUT2D eigenvalue weighted by atomic mass is 9.97. The highest BCUT2D eigenvalue weighted by molar-refractivity contribution is 6.32. The Balaban J connectivity index is 3.30. The summed E-state index contributed by atoms with van der Waals surface area (Å²) in [6, 6.07) is 0. The zero-order chi connectivity index (χ0) is 11.6. The van der Waals surface area contributed by atoms with Crippen molar-refractivity contribution < 1.29 is 23.9 Å². The molecule has 0 aromatic carbocycles. The average molecular weight is 210 g/mol. The highest BCUT2D eigenvalue weighted by Gasteiger charge is 2.32. The van der Waals surface area contributed by atoms with Crippen LogP contribution in [0.25, 0.3) is 0 Å². The van der Waals surface area contributed by atoms with Crippen molar-refractivity contribution in [3.63, 3.8) is 0 Å². The van der Waals surface area contributed by atoms with Crippen LogP contribution in [-0.2, 0) is 23.9 Å². The van der Waals surface area contributed by atoms with Crippen LogP contribution in [0, 0.1) is 0 Å². The van der Waals surface area contributed by atoms with Crippen molar-refractivity contribution in [2.24, 2.45) is 0 Å². The fourth-order valence-electron chi connectivity index (χ4n) is 1.27. The summed E-state index contributed by atoms with van der Waals surface area (Å²) in [6.07, 6.45) is 0.988. The maximum Gasteiger partial charge on any atom is 0.263 e. The molecule has 0 saturated carbocycles. The molecule has 0 unspecified atom stereocenters. The number of Topliss-reactive ketones (excluding diaryl/α,β-unsaturated/α-hetero) is 2. The van der Waals surface area contributed by atoms with Gasteiger partial charge in [0, 0.05) is 6.08 Å². The van der Waals surface area contributed by atoms with E-state index in [9.17, 15) is 14.4 Å². The predicted molar refractivity (Wildman–Crippen MR) is 49.8 cm³/mol. The van der Waals surface area contributed by atoms with Crippen LogP contribution >= 0.6 is 0 Å². The molecule has 0 aromatic heterocycles. The Labute approximate surface area is 86.4 Å². The van der Waals surface area contributed by atoms with Crippen molar-refractivity contribution in [1.82, 2.24) is 0 Å². The first-order chi connectivity index (χ1) is 7.02. The summed E-state index contributed by atoms with van der Waals surface area (Å²) in [4.78, 5) is 34.2. The first-order valence-corrected chi connectivity index (χ1v) is 4.16.